The fourth-order valence-corrected chi connectivity index (χ4v) is 3.95. The fraction of sp³-hybridized carbons (Fsp3) is 0.360. The second kappa shape index (κ2) is 10.8. The third kappa shape index (κ3) is 6.21. The highest BCUT2D eigenvalue weighted by atomic mass is 19.4. The van der Waals surface area contributed by atoms with E-state index in [4.69, 9.17) is 4.74 Å². The molecule has 0 saturated carbocycles. The second-order valence-electron chi connectivity index (χ2n) is 8.52. The van der Waals surface area contributed by atoms with Crippen molar-refractivity contribution in [3.63, 3.8) is 0 Å². The number of anilines is 2. The van der Waals surface area contributed by atoms with E-state index in [1.807, 2.05) is 12.4 Å². The lowest BCUT2D eigenvalue weighted by atomic mass is 10.1. The number of hydrogen-bond acceptors (Lipinski definition) is 6. The van der Waals surface area contributed by atoms with Gasteiger partial charge in [0.25, 0.3) is 5.56 Å². The highest BCUT2D eigenvalue weighted by Gasteiger charge is 2.38. The summed E-state index contributed by atoms with van der Waals surface area (Å²) in [6.45, 7) is 3.60. The number of piperidine rings is 1. The van der Waals surface area contributed by atoms with Crippen molar-refractivity contribution >= 4 is 17.5 Å². The van der Waals surface area contributed by atoms with E-state index in [2.05, 4.69) is 21.8 Å². The van der Waals surface area contributed by atoms with Crippen LogP contribution >= 0.6 is 0 Å². The minimum Gasteiger partial charge on any atom is -0.490 e. The molecule has 3 heterocycles. The molecule has 36 heavy (non-hydrogen) atoms. The van der Waals surface area contributed by atoms with E-state index in [1.54, 1.807) is 17.6 Å². The number of pyridine rings is 1. The van der Waals surface area contributed by atoms with Crippen LogP contribution in [0.2, 0.25) is 0 Å². The first-order valence-corrected chi connectivity index (χ1v) is 11.7. The maximum Gasteiger partial charge on any atom is 0.471 e. The fourth-order valence-electron chi connectivity index (χ4n) is 3.95. The third-order valence-electron chi connectivity index (χ3n) is 5.81. The van der Waals surface area contributed by atoms with Crippen molar-refractivity contribution in [2.45, 2.75) is 44.9 Å². The van der Waals surface area contributed by atoms with Gasteiger partial charge in [-0.1, -0.05) is 13.3 Å². The predicted octanol–water partition coefficient (Wildman–Crippen LogP) is 4.37. The molecule has 192 valence electrons. The van der Waals surface area contributed by atoms with E-state index in [9.17, 15) is 22.8 Å². The Hall–Kier alpha value is -3.89. The van der Waals surface area contributed by atoms with Crippen molar-refractivity contribution in [3.8, 4) is 11.4 Å². The first-order valence-electron chi connectivity index (χ1n) is 11.7. The van der Waals surface area contributed by atoms with Crippen LogP contribution in [0.1, 0.15) is 33.2 Å². The lowest BCUT2D eigenvalue weighted by Crippen LogP contribution is -2.39. The molecule has 0 atom stereocenters. The molecule has 0 spiro atoms. The van der Waals surface area contributed by atoms with Crippen molar-refractivity contribution in [2.24, 2.45) is 0 Å². The van der Waals surface area contributed by atoms with Gasteiger partial charge in [0.05, 0.1) is 0 Å². The van der Waals surface area contributed by atoms with Crippen LogP contribution < -0.4 is 20.5 Å². The van der Waals surface area contributed by atoms with Gasteiger partial charge in [-0.15, -0.1) is 0 Å². The zero-order valence-corrected chi connectivity index (χ0v) is 19.7. The number of alkyl halides is 3. The van der Waals surface area contributed by atoms with Gasteiger partial charge >= 0.3 is 12.1 Å². The molecule has 1 aromatic carbocycles. The second-order valence-corrected chi connectivity index (χ2v) is 8.52. The Morgan fingerprint density at radius 2 is 1.81 bits per heavy atom. The van der Waals surface area contributed by atoms with Gasteiger partial charge in [-0.05, 0) is 42.3 Å². The quantitative estimate of drug-likeness (QED) is 0.515. The number of halogens is 3. The summed E-state index contributed by atoms with van der Waals surface area (Å²) >= 11 is 0. The minimum atomic E-state index is -4.98. The first kappa shape index (κ1) is 25.2. The molecule has 2 aromatic heterocycles. The van der Waals surface area contributed by atoms with E-state index in [-0.39, 0.29) is 18.8 Å². The molecule has 0 radical (unpaired) electrons. The number of nitrogens with zero attached hydrogens (tertiary/aromatic N) is 4. The molecule has 0 bridgehead atoms. The largest absolute Gasteiger partial charge is 0.490 e. The Balaban J connectivity index is 0.00000380. The number of carbonyl (C=O) groups excluding carboxylic acids is 1. The van der Waals surface area contributed by atoms with Crippen molar-refractivity contribution in [1.29, 1.82) is 0 Å². The Morgan fingerprint density at radius 1 is 1.14 bits per heavy atom. The van der Waals surface area contributed by atoms with E-state index in [0.717, 1.165) is 44.3 Å². The summed E-state index contributed by atoms with van der Waals surface area (Å²) in [7, 11) is 0. The number of carbonyl (C=O) groups is 1. The van der Waals surface area contributed by atoms with Gasteiger partial charge in [0.15, 0.2) is 0 Å². The number of ether oxygens (including phenoxy) is 1. The molecule has 1 saturated heterocycles. The number of nitrogens with one attached hydrogen (secondary N) is 1. The van der Waals surface area contributed by atoms with Crippen molar-refractivity contribution in [2.75, 3.05) is 23.3 Å². The minimum absolute atomic E-state index is 0. The summed E-state index contributed by atoms with van der Waals surface area (Å²) in [5.41, 5.74) is 1.19. The average Bonchev–Trinajstić information content (AvgIpc) is 2.85. The molecule has 11 heteroatoms. The highest BCUT2D eigenvalue weighted by molar-refractivity contribution is 5.94. The SMILES string of the molecule is CCCc1cnc(N2CCC(Oc3ccn(-c4ccc(NC(=O)C(F)(F)F)cc4)c(=O)c3)CC2)nc1.[HH]. The van der Waals surface area contributed by atoms with E-state index in [1.165, 1.54) is 34.9 Å². The van der Waals surface area contributed by atoms with Crippen LogP contribution in [0.4, 0.5) is 24.8 Å². The molecule has 1 N–H and O–H groups in total. The molecule has 1 aliphatic heterocycles. The standard InChI is InChI=1S/C25H26F3N5O3.H2/c1-2-3-17-15-29-24(30-16-17)32-11-8-20(9-12-32)36-21-10-13-33(22(34)14-21)19-6-4-18(5-7-19)31-23(35)25(26,27)28;/h4-7,10,13-16,20H,2-3,8-9,11-12H2,1H3,(H,31,35);1H. The molecule has 4 rings (SSSR count). The molecule has 8 nitrogen and oxygen atoms in total. The first-order chi connectivity index (χ1) is 17.2. The monoisotopic (exact) mass is 503 g/mol. The topological polar surface area (TPSA) is 89.4 Å². The van der Waals surface area contributed by atoms with Crippen LogP contribution in [-0.2, 0) is 11.2 Å². The zero-order valence-electron chi connectivity index (χ0n) is 19.7. The van der Waals surface area contributed by atoms with Crippen LogP contribution in [-0.4, -0.2) is 45.8 Å². The van der Waals surface area contributed by atoms with Crippen LogP contribution in [0.3, 0.4) is 0 Å². The van der Waals surface area contributed by atoms with Crippen molar-refractivity contribution < 1.29 is 24.1 Å². The Kier molecular flexibility index (Phi) is 7.56. The van der Waals surface area contributed by atoms with Crippen LogP contribution in [0, 0.1) is 0 Å². The maximum atomic E-state index is 12.6. The molecule has 3 aromatic rings. The van der Waals surface area contributed by atoms with Crippen molar-refractivity contribution in [3.05, 3.63) is 70.9 Å². The lowest BCUT2D eigenvalue weighted by molar-refractivity contribution is -0.167. The summed E-state index contributed by atoms with van der Waals surface area (Å²) in [4.78, 5) is 34.7. The molecule has 1 aliphatic rings. The van der Waals surface area contributed by atoms with Gasteiger partial charge in [-0.3, -0.25) is 14.2 Å². The molecule has 0 aliphatic carbocycles. The molecule has 1 fully saturated rings. The summed E-state index contributed by atoms with van der Waals surface area (Å²) in [5, 5.41) is 1.77. The maximum absolute atomic E-state index is 12.6. The predicted molar refractivity (Wildman–Crippen MR) is 131 cm³/mol. The van der Waals surface area contributed by atoms with Gasteiger partial charge in [0.2, 0.25) is 5.95 Å². The van der Waals surface area contributed by atoms with E-state index >= 15 is 0 Å². The Morgan fingerprint density at radius 3 is 2.39 bits per heavy atom. The molecular weight excluding hydrogens is 475 g/mol. The molecule has 0 unspecified atom stereocenters. The van der Waals surface area contributed by atoms with Gasteiger partial charge in [0.1, 0.15) is 11.9 Å². The number of aromatic nitrogens is 3. The lowest BCUT2D eigenvalue weighted by Gasteiger charge is -2.32. The van der Waals surface area contributed by atoms with Crippen molar-refractivity contribution in [1.82, 2.24) is 14.5 Å². The van der Waals surface area contributed by atoms with Crippen LogP contribution in [0.25, 0.3) is 5.69 Å². The Bertz CT molecular complexity index is 1240. The van der Waals surface area contributed by atoms with Crippen LogP contribution in [0.5, 0.6) is 5.75 Å². The van der Waals surface area contributed by atoms with Gasteiger partial charge in [0, 0.05) is 63.4 Å². The third-order valence-corrected chi connectivity index (χ3v) is 5.81. The van der Waals surface area contributed by atoms with Gasteiger partial charge in [-0.25, -0.2) is 9.97 Å². The summed E-state index contributed by atoms with van der Waals surface area (Å²) < 4.78 is 44.5. The number of amides is 1. The molecular formula is C25H28F3N5O3. The van der Waals surface area contributed by atoms with Gasteiger partial charge < -0.3 is 15.0 Å². The normalized spacial score (nSPS) is 14.5. The van der Waals surface area contributed by atoms with E-state index in [0.29, 0.717) is 17.4 Å². The summed E-state index contributed by atoms with van der Waals surface area (Å²) in [5.74, 6) is -0.902. The van der Waals surface area contributed by atoms with Crippen LogP contribution in [0.15, 0.2) is 59.8 Å². The average molecular weight is 504 g/mol. The Labute approximate surface area is 207 Å². The molecule has 1 amide bonds. The summed E-state index contributed by atoms with van der Waals surface area (Å²) in [6, 6.07) is 8.53. The zero-order chi connectivity index (χ0) is 25.7. The number of aryl methyl sites for hydroxylation is 1. The highest BCUT2D eigenvalue weighted by Crippen LogP contribution is 2.22. The number of hydrogen-bond donors (Lipinski definition) is 1. The summed E-state index contributed by atoms with van der Waals surface area (Å²) in [6.07, 6.45) is 3.78. The van der Waals surface area contributed by atoms with Gasteiger partial charge in [-0.2, -0.15) is 13.2 Å². The number of rotatable bonds is 7. The number of benzene rings is 1. The smallest absolute Gasteiger partial charge is 0.471 e. The van der Waals surface area contributed by atoms with E-state index < -0.39 is 12.1 Å².